The molecule has 0 spiro atoms. The van der Waals surface area contributed by atoms with Gasteiger partial charge in [-0.25, -0.2) is 16.8 Å². The van der Waals surface area contributed by atoms with E-state index in [0.717, 1.165) is 23.3 Å². The fraction of sp³-hybridized carbons (Fsp3) is 0.250. The van der Waals surface area contributed by atoms with E-state index in [1.165, 1.54) is 6.07 Å². The van der Waals surface area contributed by atoms with Crippen LogP contribution in [0.3, 0.4) is 0 Å². The van der Waals surface area contributed by atoms with Gasteiger partial charge < -0.3 is 5.11 Å². The van der Waals surface area contributed by atoms with Crippen molar-refractivity contribution in [1.29, 1.82) is 0 Å². The number of rotatable bonds is 4. The lowest BCUT2D eigenvalue weighted by Crippen LogP contribution is -2.11. The molecule has 3 aromatic carbocycles. The van der Waals surface area contributed by atoms with Crippen LogP contribution in [0.25, 0.3) is 0 Å². The highest BCUT2D eigenvalue weighted by molar-refractivity contribution is 7.92. The highest BCUT2D eigenvalue weighted by Gasteiger charge is 2.29. The molecule has 7 heteroatoms. The van der Waals surface area contributed by atoms with E-state index in [2.05, 4.69) is 0 Å². The molecule has 3 aromatic rings. The number of hydrogen-bond donors (Lipinski definition) is 1. The number of phenols is 1. The van der Waals surface area contributed by atoms with Crippen LogP contribution in [0, 0.1) is 41.5 Å². The van der Waals surface area contributed by atoms with Crippen LogP contribution < -0.4 is 0 Å². The standard InChI is InChI=1S/C24H26O5S2/c1-14-9-16(3)23(17(4)10-14)30(26,27)20-7-8-21(25)22(13-20)31(28,29)24-18(5)11-15(2)12-19(24)6/h7-13,25H,1-6H3. The van der Waals surface area contributed by atoms with Gasteiger partial charge in [0, 0.05) is 0 Å². The molecule has 0 aliphatic heterocycles. The Balaban J connectivity index is 2.27. The van der Waals surface area contributed by atoms with E-state index in [1.54, 1.807) is 52.0 Å². The van der Waals surface area contributed by atoms with Gasteiger partial charge in [0.05, 0.1) is 14.7 Å². The number of phenolic OH excluding ortho intramolecular Hbond substituents is 1. The van der Waals surface area contributed by atoms with Gasteiger partial charge in [-0.1, -0.05) is 35.4 Å². The van der Waals surface area contributed by atoms with E-state index in [0.29, 0.717) is 22.3 Å². The fourth-order valence-corrected chi connectivity index (χ4v) is 7.89. The van der Waals surface area contributed by atoms with Crippen LogP contribution in [-0.4, -0.2) is 21.9 Å². The molecule has 5 nitrogen and oxygen atoms in total. The maximum atomic E-state index is 13.4. The predicted molar refractivity (Wildman–Crippen MR) is 120 cm³/mol. The summed E-state index contributed by atoms with van der Waals surface area (Å²) < 4.78 is 53.7. The lowest BCUT2D eigenvalue weighted by molar-refractivity contribution is 0.457. The molecule has 0 aliphatic rings. The van der Waals surface area contributed by atoms with E-state index in [-0.39, 0.29) is 14.7 Å². The van der Waals surface area contributed by atoms with Crippen LogP contribution in [0.4, 0.5) is 0 Å². The summed E-state index contributed by atoms with van der Waals surface area (Å²) in [6, 6.07) is 10.5. The van der Waals surface area contributed by atoms with E-state index >= 15 is 0 Å². The highest BCUT2D eigenvalue weighted by atomic mass is 32.2. The molecule has 3 rings (SSSR count). The Morgan fingerprint density at radius 1 is 0.581 bits per heavy atom. The van der Waals surface area contributed by atoms with Gasteiger partial charge in [-0.15, -0.1) is 0 Å². The van der Waals surface area contributed by atoms with Crippen molar-refractivity contribution in [2.75, 3.05) is 0 Å². The predicted octanol–water partition coefficient (Wildman–Crippen LogP) is 4.91. The van der Waals surface area contributed by atoms with Crippen molar-refractivity contribution in [3.8, 4) is 5.75 Å². The second-order valence-corrected chi connectivity index (χ2v) is 11.8. The third-order valence-corrected chi connectivity index (χ3v) is 9.42. The maximum absolute atomic E-state index is 13.4. The van der Waals surface area contributed by atoms with Crippen molar-refractivity contribution >= 4 is 19.7 Å². The minimum atomic E-state index is -4.15. The van der Waals surface area contributed by atoms with Crippen LogP contribution in [-0.2, 0) is 19.7 Å². The smallest absolute Gasteiger partial charge is 0.210 e. The fourth-order valence-electron chi connectivity index (χ4n) is 4.29. The van der Waals surface area contributed by atoms with Crippen molar-refractivity contribution in [3.05, 3.63) is 75.8 Å². The topological polar surface area (TPSA) is 88.5 Å². The molecule has 0 aromatic heterocycles. The Bertz CT molecular complexity index is 1370. The monoisotopic (exact) mass is 458 g/mol. The zero-order valence-corrected chi connectivity index (χ0v) is 20.1. The first-order valence-electron chi connectivity index (χ1n) is 9.75. The second kappa shape index (κ2) is 7.80. The van der Waals surface area contributed by atoms with Crippen LogP contribution in [0.5, 0.6) is 5.75 Å². The number of sulfone groups is 2. The molecule has 0 bridgehead atoms. The third kappa shape index (κ3) is 4.00. The van der Waals surface area contributed by atoms with Gasteiger partial charge in [-0.05, 0) is 82.0 Å². The molecular weight excluding hydrogens is 432 g/mol. The van der Waals surface area contributed by atoms with Gasteiger partial charge in [0.2, 0.25) is 19.7 Å². The van der Waals surface area contributed by atoms with Crippen molar-refractivity contribution in [1.82, 2.24) is 0 Å². The summed E-state index contributed by atoms with van der Waals surface area (Å²) in [5.41, 5.74) is 4.10. The van der Waals surface area contributed by atoms with E-state index in [1.807, 2.05) is 13.8 Å². The Hall–Kier alpha value is -2.64. The molecule has 0 heterocycles. The van der Waals surface area contributed by atoms with Crippen molar-refractivity contribution in [2.45, 2.75) is 61.1 Å². The molecule has 164 valence electrons. The van der Waals surface area contributed by atoms with Gasteiger partial charge in [-0.3, -0.25) is 0 Å². The van der Waals surface area contributed by atoms with Gasteiger partial charge in [0.15, 0.2) is 0 Å². The maximum Gasteiger partial charge on any atom is 0.210 e. The normalized spacial score (nSPS) is 12.2. The zero-order chi connectivity index (χ0) is 23.3. The van der Waals surface area contributed by atoms with Gasteiger partial charge in [-0.2, -0.15) is 0 Å². The lowest BCUT2D eigenvalue weighted by atomic mass is 10.1. The summed E-state index contributed by atoms with van der Waals surface area (Å²) in [4.78, 5) is -0.382. The minimum Gasteiger partial charge on any atom is -0.507 e. The van der Waals surface area contributed by atoms with Crippen molar-refractivity contribution in [3.63, 3.8) is 0 Å². The SMILES string of the molecule is Cc1cc(C)c(S(=O)(=O)c2ccc(O)c(S(=O)(=O)c3c(C)cc(C)cc3C)c2)c(C)c1. The molecule has 0 amide bonds. The Morgan fingerprint density at radius 2 is 0.968 bits per heavy atom. The van der Waals surface area contributed by atoms with Gasteiger partial charge in [0.1, 0.15) is 10.6 Å². The van der Waals surface area contributed by atoms with Crippen LogP contribution in [0.15, 0.2) is 62.0 Å². The molecule has 0 saturated heterocycles. The average Bonchev–Trinajstić information content (AvgIpc) is 2.59. The van der Waals surface area contributed by atoms with Gasteiger partial charge in [0.25, 0.3) is 0 Å². The summed E-state index contributed by atoms with van der Waals surface area (Å²) >= 11 is 0. The lowest BCUT2D eigenvalue weighted by Gasteiger charge is -2.16. The largest absolute Gasteiger partial charge is 0.507 e. The molecule has 0 unspecified atom stereocenters. The molecule has 31 heavy (non-hydrogen) atoms. The average molecular weight is 459 g/mol. The Kier molecular flexibility index (Phi) is 5.80. The quantitative estimate of drug-likeness (QED) is 0.600. The number of hydrogen-bond acceptors (Lipinski definition) is 5. The molecule has 0 radical (unpaired) electrons. The summed E-state index contributed by atoms with van der Waals surface area (Å²) in [5, 5.41) is 10.4. The van der Waals surface area contributed by atoms with Crippen LogP contribution in [0.2, 0.25) is 0 Å². The summed E-state index contributed by atoms with van der Waals surface area (Å²) in [5.74, 6) is -0.490. The third-order valence-electron chi connectivity index (χ3n) is 5.28. The highest BCUT2D eigenvalue weighted by Crippen LogP contribution is 2.36. The Labute approximate surface area is 184 Å². The second-order valence-electron chi connectivity index (χ2n) is 8.09. The summed E-state index contributed by atoms with van der Waals surface area (Å²) in [6.07, 6.45) is 0. The van der Waals surface area contributed by atoms with E-state index in [9.17, 15) is 21.9 Å². The molecule has 1 N–H and O–H groups in total. The van der Waals surface area contributed by atoms with Crippen LogP contribution in [0.1, 0.15) is 33.4 Å². The number of aromatic hydroxyl groups is 1. The van der Waals surface area contributed by atoms with Gasteiger partial charge >= 0.3 is 0 Å². The number of aryl methyl sites for hydroxylation is 6. The first-order valence-corrected chi connectivity index (χ1v) is 12.7. The molecular formula is C24H26O5S2. The summed E-state index contributed by atoms with van der Waals surface area (Å²) in [6.45, 7) is 10.5. The van der Waals surface area contributed by atoms with Crippen molar-refractivity contribution in [2.24, 2.45) is 0 Å². The van der Waals surface area contributed by atoms with Crippen LogP contribution >= 0.6 is 0 Å². The summed E-state index contributed by atoms with van der Waals surface area (Å²) in [7, 11) is -8.16. The molecule has 0 saturated carbocycles. The molecule has 0 fully saturated rings. The molecule has 0 aliphatic carbocycles. The molecule has 0 atom stereocenters. The minimum absolute atomic E-state index is 0.0747. The first kappa shape index (κ1) is 23.0. The number of benzene rings is 3. The van der Waals surface area contributed by atoms with E-state index < -0.39 is 30.3 Å². The van der Waals surface area contributed by atoms with E-state index in [4.69, 9.17) is 0 Å². The Morgan fingerprint density at radius 3 is 1.39 bits per heavy atom. The first-order chi connectivity index (χ1) is 14.3. The zero-order valence-electron chi connectivity index (χ0n) is 18.4. The van der Waals surface area contributed by atoms with Crippen molar-refractivity contribution < 1.29 is 21.9 Å².